The van der Waals surface area contributed by atoms with Crippen molar-refractivity contribution in [1.82, 2.24) is 20.2 Å². The standard InChI is InChI=1S/C17H11Cl2N5/c18-12-7-3-1-5-10(12)14-9-15(22-17(19)20-14)21-16-11-6-2-4-8-13(11)23-24-16/h1-9H,(H2,20,21,22,23,24). The number of benzene rings is 2. The van der Waals surface area contributed by atoms with E-state index in [-0.39, 0.29) is 5.28 Å². The van der Waals surface area contributed by atoms with Gasteiger partial charge in [0.25, 0.3) is 0 Å². The molecule has 0 spiro atoms. The van der Waals surface area contributed by atoms with E-state index in [2.05, 4.69) is 25.5 Å². The van der Waals surface area contributed by atoms with Gasteiger partial charge >= 0.3 is 0 Å². The van der Waals surface area contributed by atoms with Crippen LogP contribution in [0.25, 0.3) is 22.2 Å². The third-order valence-electron chi connectivity index (χ3n) is 3.57. The molecule has 0 aliphatic carbocycles. The van der Waals surface area contributed by atoms with Gasteiger partial charge in [-0.1, -0.05) is 41.9 Å². The van der Waals surface area contributed by atoms with Crippen molar-refractivity contribution in [3.05, 3.63) is 64.9 Å². The molecule has 118 valence electrons. The lowest BCUT2D eigenvalue weighted by molar-refractivity contribution is 1.11. The van der Waals surface area contributed by atoms with Crippen LogP contribution in [0, 0.1) is 0 Å². The van der Waals surface area contributed by atoms with E-state index in [0.29, 0.717) is 22.4 Å². The predicted molar refractivity (Wildman–Crippen MR) is 96.9 cm³/mol. The van der Waals surface area contributed by atoms with Crippen LogP contribution in [-0.2, 0) is 0 Å². The van der Waals surface area contributed by atoms with E-state index in [9.17, 15) is 0 Å². The summed E-state index contributed by atoms with van der Waals surface area (Å²) in [4.78, 5) is 8.48. The maximum Gasteiger partial charge on any atom is 0.224 e. The first kappa shape index (κ1) is 14.9. The SMILES string of the molecule is Clc1nc(Nc2n[nH]c3ccccc23)cc(-c2ccccc2Cl)n1. The first-order valence-electron chi connectivity index (χ1n) is 7.20. The summed E-state index contributed by atoms with van der Waals surface area (Å²) in [5, 5.41) is 12.1. The lowest BCUT2D eigenvalue weighted by Crippen LogP contribution is -1.98. The highest BCUT2D eigenvalue weighted by atomic mass is 35.5. The summed E-state index contributed by atoms with van der Waals surface area (Å²) >= 11 is 12.3. The third-order valence-corrected chi connectivity index (χ3v) is 4.06. The molecule has 0 unspecified atom stereocenters. The van der Waals surface area contributed by atoms with Gasteiger partial charge in [0.1, 0.15) is 5.82 Å². The number of fused-ring (bicyclic) bond motifs is 1. The fourth-order valence-corrected chi connectivity index (χ4v) is 2.88. The Bertz CT molecular complexity index is 1030. The summed E-state index contributed by atoms with van der Waals surface area (Å²) in [5.74, 6) is 1.22. The van der Waals surface area contributed by atoms with Gasteiger partial charge in [-0.05, 0) is 29.8 Å². The van der Waals surface area contributed by atoms with E-state index in [0.717, 1.165) is 16.5 Å². The van der Waals surface area contributed by atoms with Gasteiger partial charge in [0, 0.05) is 22.0 Å². The molecule has 0 aliphatic rings. The zero-order valence-corrected chi connectivity index (χ0v) is 13.8. The Labute approximate surface area is 147 Å². The average molecular weight is 356 g/mol. The smallest absolute Gasteiger partial charge is 0.224 e. The minimum atomic E-state index is 0.134. The normalized spacial score (nSPS) is 10.9. The molecule has 5 nitrogen and oxygen atoms in total. The minimum Gasteiger partial charge on any atom is -0.323 e. The summed E-state index contributed by atoms with van der Waals surface area (Å²) in [6.07, 6.45) is 0. The highest BCUT2D eigenvalue weighted by Crippen LogP contribution is 2.30. The molecule has 4 aromatic rings. The van der Waals surface area contributed by atoms with Gasteiger partial charge in [-0.3, -0.25) is 5.10 Å². The highest BCUT2D eigenvalue weighted by molar-refractivity contribution is 6.33. The molecule has 0 fully saturated rings. The van der Waals surface area contributed by atoms with Gasteiger partial charge in [-0.25, -0.2) is 9.97 Å². The van der Waals surface area contributed by atoms with Crippen LogP contribution in [0.1, 0.15) is 0 Å². The highest BCUT2D eigenvalue weighted by Gasteiger charge is 2.11. The molecule has 2 N–H and O–H groups in total. The average Bonchev–Trinajstić information content (AvgIpc) is 2.98. The lowest BCUT2D eigenvalue weighted by Gasteiger charge is -2.07. The zero-order chi connectivity index (χ0) is 16.5. The van der Waals surface area contributed by atoms with Gasteiger partial charge in [0.05, 0.1) is 11.2 Å². The molecule has 0 saturated heterocycles. The van der Waals surface area contributed by atoms with E-state index in [1.165, 1.54) is 0 Å². The minimum absolute atomic E-state index is 0.134. The number of para-hydroxylation sites is 1. The summed E-state index contributed by atoms with van der Waals surface area (Å²) in [6.45, 7) is 0. The van der Waals surface area contributed by atoms with Crippen molar-refractivity contribution in [2.24, 2.45) is 0 Å². The molecule has 2 heterocycles. The number of halogens is 2. The van der Waals surface area contributed by atoms with Crippen molar-refractivity contribution in [3.63, 3.8) is 0 Å². The number of aromatic nitrogens is 4. The third kappa shape index (κ3) is 2.79. The quantitative estimate of drug-likeness (QED) is 0.503. The van der Waals surface area contributed by atoms with E-state index in [4.69, 9.17) is 23.2 Å². The Balaban J connectivity index is 1.75. The number of anilines is 2. The Hall–Kier alpha value is -2.63. The van der Waals surface area contributed by atoms with Crippen molar-refractivity contribution in [2.45, 2.75) is 0 Å². The van der Waals surface area contributed by atoms with Crippen LogP contribution in [0.4, 0.5) is 11.6 Å². The molecule has 2 aromatic carbocycles. The number of nitrogens with one attached hydrogen (secondary N) is 2. The molecular formula is C17H11Cl2N5. The summed E-state index contributed by atoms with van der Waals surface area (Å²) in [5.41, 5.74) is 2.37. The maximum absolute atomic E-state index is 6.24. The van der Waals surface area contributed by atoms with Crippen molar-refractivity contribution < 1.29 is 0 Å². The Morgan fingerprint density at radius 3 is 2.58 bits per heavy atom. The summed E-state index contributed by atoms with van der Waals surface area (Å²) < 4.78 is 0. The van der Waals surface area contributed by atoms with Gasteiger partial charge < -0.3 is 5.32 Å². The van der Waals surface area contributed by atoms with Crippen LogP contribution in [0.3, 0.4) is 0 Å². The molecule has 0 radical (unpaired) electrons. The Kier molecular flexibility index (Phi) is 3.80. The predicted octanol–water partition coefficient (Wildman–Crippen LogP) is 5.07. The van der Waals surface area contributed by atoms with Crippen molar-refractivity contribution in [3.8, 4) is 11.3 Å². The van der Waals surface area contributed by atoms with Crippen LogP contribution in [-0.4, -0.2) is 20.2 Å². The van der Waals surface area contributed by atoms with Gasteiger partial charge in [0.2, 0.25) is 5.28 Å². The molecule has 0 amide bonds. The Morgan fingerprint density at radius 1 is 0.917 bits per heavy atom. The van der Waals surface area contributed by atoms with Crippen molar-refractivity contribution in [1.29, 1.82) is 0 Å². The number of hydrogen-bond acceptors (Lipinski definition) is 4. The molecule has 0 saturated carbocycles. The number of nitrogens with zero attached hydrogens (tertiary/aromatic N) is 3. The van der Waals surface area contributed by atoms with Crippen molar-refractivity contribution in [2.75, 3.05) is 5.32 Å². The summed E-state index contributed by atoms with van der Waals surface area (Å²) in [7, 11) is 0. The fourth-order valence-electron chi connectivity index (χ4n) is 2.47. The zero-order valence-electron chi connectivity index (χ0n) is 12.3. The fraction of sp³-hybridized carbons (Fsp3) is 0. The van der Waals surface area contributed by atoms with E-state index in [1.807, 2.05) is 42.5 Å². The lowest BCUT2D eigenvalue weighted by atomic mass is 10.1. The van der Waals surface area contributed by atoms with E-state index in [1.54, 1.807) is 12.1 Å². The maximum atomic E-state index is 6.24. The van der Waals surface area contributed by atoms with Crippen LogP contribution >= 0.6 is 23.2 Å². The molecule has 0 atom stereocenters. The molecule has 0 bridgehead atoms. The summed E-state index contributed by atoms with van der Waals surface area (Å²) in [6, 6.07) is 17.1. The van der Waals surface area contributed by atoms with Gasteiger partial charge in [0.15, 0.2) is 5.82 Å². The second kappa shape index (κ2) is 6.11. The molecule has 0 aliphatic heterocycles. The topological polar surface area (TPSA) is 66.5 Å². The number of H-pyrrole nitrogens is 1. The Morgan fingerprint density at radius 2 is 1.71 bits per heavy atom. The van der Waals surface area contributed by atoms with Gasteiger partial charge in [-0.15, -0.1) is 0 Å². The monoisotopic (exact) mass is 355 g/mol. The molecule has 24 heavy (non-hydrogen) atoms. The number of aromatic amines is 1. The van der Waals surface area contributed by atoms with E-state index >= 15 is 0 Å². The van der Waals surface area contributed by atoms with Crippen LogP contribution in [0.15, 0.2) is 54.6 Å². The van der Waals surface area contributed by atoms with Crippen molar-refractivity contribution >= 4 is 45.7 Å². The molecular weight excluding hydrogens is 345 g/mol. The molecule has 7 heteroatoms. The molecule has 4 rings (SSSR count). The van der Waals surface area contributed by atoms with Crippen LogP contribution in [0.2, 0.25) is 10.3 Å². The molecule has 2 aromatic heterocycles. The number of hydrogen-bond donors (Lipinski definition) is 2. The van der Waals surface area contributed by atoms with Gasteiger partial charge in [-0.2, -0.15) is 5.10 Å². The number of rotatable bonds is 3. The second-order valence-electron chi connectivity index (χ2n) is 5.13. The van der Waals surface area contributed by atoms with E-state index < -0.39 is 0 Å². The second-order valence-corrected chi connectivity index (χ2v) is 5.88. The largest absolute Gasteiger partial charge is 0.323 e. The van der Waals surface area contributed by atoms with Crippen LogP contribution < -0.4 is 5.32 Å². The first-order valence-corrected chi connectivity index (χ1v) is 7.96. The van der Waals surface area contributed by atoms with Crippen LogP contribution in [0.5, 0.6) is 0 Å². The first-order chi connectivity index (χ1) is 11.7.